The van der Waals surface area contributed by atoms with Crippen LogP contribution in [0.2, 0.25) is 5.02 Å². The number of rotatable bonds is 5. The Kier molecular flexibility index (Phi) is 6.91. The lowest BCUT2D eigenvalue weighted by atomic mass is 9.63. The molecule has 1 saturated carbocycles. The van der Waals surface area contributed by atoms with Gasteiger partial charge in [0.15, 0.2) is 5.82 Å². The topological polar surface area (TPSA) is 108 Å². The molecule has 1 aliphatic carbocycles. The first-order chi connectivity index (χ1) is 22.1. The third-order valence-corrected chi connectivity index (χ3v) is 11.7. The molecule has 1 spiro atoms. The van der Waals surface area contributed by atoms with E-state index >= 15 is 4.39 Å². The largest absolute Gasteiger partial charge is 0.461 e. The summed E-state index contributed by atoms with van der Waals surface area (Å²) in [5.41, 5.74) is 5.63. The number of aromatic nitrogens is 2. The van der Waals surface area contributed by atoms with Gasteiger partial charge in [-0.15, -0.1) is 11.3 Å². The van der Waals surface area contributed by atoms with Crippen molar-refractivity contribution in [3.63, 3.8) is 0 Å². The fraction of sp³-hybridized carbons (Fsp3) is 0.455. The molecule has 0 unspecified atom stereocenters. The van der Waals surface area contributed by atoms with E-state index in [0.717, 1.165) is 43.6 Å². The predicted octanol–water partition coefficient (Wildman–Crippen LogP) is 6.80. The fourth-order valence-electron chi connectivity index (χ4n) is 8.33. The van der Waals surface area contributed by atoms with Crippen LogP contribution in [-0.4, -0.2) is 65.1 Å². The third kappa shape index (κ3) is 4.53. The molecule has 13 heteroatoms. The molecule has 238 valence electrons. The molecule has 0 radical (unpaired) electrons. The summed E-state index contributed by atoms with van der Waals surface area (Å²) >= 11 is 7.75. The number of thiophene rings is 1. The highest BCUT2D eigenvalue weighted by molar-refractivity contribution is 7.23. The summed E-state index contributed by atoms with van der Waals surface area (Å²) in [7, 11) is 0. The van der Waals surface area contributed by atoms with Gasteiger partial charge in [-0.1, -0.05) is 17.7 Å². The van der Waals surface area contributed by atoms with Crippen molar-refractivity contribution in [1.29, 1.82) is 5.26 Å². The molecule has 2 atom stereocenters. The third-order valence-electron chi connectivity index (χ3n) is 10.4. The van der Waals surface area contributed by atoms with Gasteiger partial charge in [-0.25, -0.2) is 13.2 Å². The van der Waals surface area contributed by atoms with Gasteiger partial charge in [0, 0.05) is 60.6 Å². The maximum atomic E-state index is 16.9. The van der Waals surface area contributed by atoms with E-state index in [-0.39, 0.29) is 66.1 Å². The van der Waals surface area contributed by atoms with Crippen molar-refractivity contribution >= 4 is 60.5 Å². The van der Waals surface area contributed by atoms with Crippen LogP contribution in [0, 0.1) is 28.4 Å². The van der Waals surface area contributed by atoms with Gasteiger partial charge in [0.05, 0.1) is 20.8 Å². The molecule has 2 aromatic carbocycles. The Balaban J connectivity index is 1.28. The number of anilines is 2. The maximum Gasteiger partial charge on any atom is 0.319 e. The number of carbonyl (C=O) groups is 1. The molecule has 4 fully saturated rings. The number of piperidine rings is 1. The number of nitriles is 1. The quantitative estimate of drug-likeness (QED) is 0.248. The Hall–Kier alpha value is -3.66. The van der Waals surface area contributed by atoms with Crippen LogP contribution in [0.15, 0.2) is 18.2 Å². The first-order valence-corrected chi connectivity index (χ1v) is 16.7. The van der Waals surface area contributed by atoms with E-state index in [0.29, 0.717) is 50.1 Å². The molecule has 3 aliphatic heterocycles. The SMILES string of the molecule is N#Cc1c(N)sc2c(F)ccc(-c3c(Cl)cc4c(N5CCCC6(CC(=O)C6)C5)nc(OC[C@@]56CCCN5C[C@H](F)C6)nc4c3F)c12. The average Bonchev–Trinajstić information content (AvgIpc) is 3.66. The number of halogens is 4. The summed E-state index contributed by atoms with van der Waals surface area (Å²) in [6, 6.07) is 6.18. The lowest BCUT2D eigenvalue weighted by Gasteiger charge is -2.48. The number of nitrogen functional groups attached to an aromatic ring is 1. The number of nitrogens with zero attached hydrogens (tertiary/aromatic N) is 5. The number of hydrogen-bond acceptors (Lipinski definition) is 9. The van der Waals surface area contributed by atoms with E-state index in [2.05, 4.69) is 14.8 Å². The summed E-state index contributed by atoms with van der Waals surface area (Å²) in [6.45, 7) is 2.54. The van der Waals surface area contributed by atoms with Gasteiger partial charge in [-0.05, 0) is 49.9 Å². The van der Waals surface area contributed by atoms with E-state index in [1.165, 1.54) is 12.1 Å². The first-order valence-electron chi connectivity index (χ1n) is 15.5. The maximum absolute atomic E-state index is 16.9. The zero-order valence-electron chi connectivity index (χ0n) is 24.8. The minimum atomic E-state index is -0.939. The Bertz CT molecular complexity index is 1990. The minimum absolute atomic E-state index is 0.0377. The number of hydrogen-bond donors (Lipinski definition) is 1. The molecule has 8 rings (SSSR count). The molecule has 4 aliphatic rings. The zero-order chi connectivity index (χ0) is 32.0. The van der Waals surface area contributed by atoms with Crippen molar-refractivity contribution in [2.24, 2.45) is 5.41 Å². The molecule has 8 nitrogen and oxygen atoms in total. The summed E-state index contributed by atoms with van der Waals surface area (Å²) in [6.07, 6.45) is 3.91. The highest BCUT2D eigenvalue weighted by Crippen LogP contribution is 2.49. The Morgan fingerprint density at radius 3 is 2.78 bits per heavy atom. The second-order valence-electron chi connectivity index (χ2n) is 13.3. The van der Waals surface area contributed by atoms with E-state index in [1.807, 2.05) is 6.07 Å². The zero-order valence-corrected chi connectivity index (χ0v) is 26.4. The normalized spacial score (nSPS) is 24.1. The molecule has 0 amide bonds. The second-order valence-corrected chi connectivity index (χ2v) is 14.8. The van der Waals surface area contributed by atoms with Gasteiger partial charge in [0.2, 0.25) is 0 Å². The number of fused-ring (bicyclic) bond motifs is 3. The first kappa shape index (κ1) is 29.7. The predicted molar refractivity (Wildman–Crippen MR) is 171 cm³/mol. The molecule has 0 bridgehead atoms. The Morgan fingerprint density at radius 2 is 2.00 bits per heavy atom. The summed E-state index contributed by atoms with van der Waals surface area (Å²) in [4.78, 5) is 25.5. The van der Waals surface area contributed by atoms with Crippen LogP contribution < -0.4 is 15.4 Å². The number of benzene rings is 2. The van der Waals surface area contributed by atoms with Gasteiger partial charge < -0.3 is 15.4 Å². The fourth-order valence-corrected chi connectivity index (χ4v) is 9.57. The average molecular weight is 667 g/mol. The lowest BCUT2D eigenvalue weighted by molar-refractivity contribution is -0.133. The van der Waals surface area contributed by atoms with Gasteiger partial charge >= 0.3 is 6.01 Å². The summed E-state index contributed by atoms with van der Waals surface area (Å²) in [5, 5.41) is 10.6. The summed E-state index contributed by atoms with van der Waals surface area (Å²) < 4.78 is 52.6. The molecule has 3 saturated heterocycles. The van der Waals surface area contributed by atoms with Crippen molar-refractivity contribution in [1.82, 2.24) is 14.9 Å². The number of alkyl halides is 1. The monoisotopic (exact) mass is 666 g/mol. The van der Waals surface area contributed by atoms with Crippen LogP contribution in [0.25, 0.3) is 32.1 Å². The molecular weight excluding hydrogens is 637 g/mol. The second kappa shape index (κ2) is 10.7. The number of ether oxygens (including phenoxy) is 1. The van der Waals surface area contributed by atoms with Crippen molar-refractivity contribution in [2.45, 2.75) is 56.7 Å². The molecule has 2 N–H and O–H groups in total. The standard InChI is InChI=1S/C33H30ClF3N6O2S/c34-22-9-20-27(26(37)25(22)19-3-4-23(36)28-24(19)21(13-38)29(39)46-28)40-31(45-16-33-6-2-8-43(33)14-17(35)10-33)41-30(20)42-7-1-5-32(15-42)11-18(44)12-32/h3-4,9,17H,1-2,5-8,10-12,14-16,39H2/t17-,33+/m1/s1. The molecule has 4 aromatic rings. The van der Waals surface area contributed by atoms with Crippen LogP contribution in [0.1, 0.15) is 50.5 Å². The van der Waals surface area contributed by atoms with Crippen LogP contribution in [0.3, 0.4) is 0 Å². The minimum Gasteiger partial charge on any atom is -0.461 e. The van der Waals surface area contributed by atoms with Gasteiger partial charge in [0.1, 0.15) is 46.8 Å². The number of ketones is 1. The van der Waals surface area contributed by atoms with Crippen molar-refractivity contribution in [3.8, 4) is 23.2 Å². The Labute approximate surface area is 271 Å². The highest BCUT2D eigenvalue weighted by Gasteiger charge is 2.50. The van der Waals surface area contributed by atoms with E-state index in [1.54, 1.807) is 6.07 Å². The number of nitrogens with two attached hydrogens (primary N) is 1. The van der Waals surface area contributed by atoms with Crippen LogP contribution in [0.5, 0.6) is 6.01 Å². The molecule has 46 heavy (non-hydrogen) atoms. The van der Waals surface area contributed by atoms with Crippen LogP contribution >= 0.6 is 22.9 Å². The molecule has 5 heterocycles. The van der Waals surface area contributed by atoms with E-state index < -0.39 is 23.3 Å². The van der Waals surface area contributed by atoms with E-state index in [9.17, 15) is 18.8 Å². The van der Waals surface area contributed by atoms with Crippen LogP contribution in [0.4, 0.5) is 24.0 Å². The number of Topliss-reactive ketones (excluding diaryl/α,β-unsaturated/α-hetero) is 1. The van der Waals surface area contributed by atoms with Gasteiger partial charge in [-0.3, -0.25) is 9.69 Å². The van der Waals surface area contributed by atoms with Crippen molar-refractivity contribution in [2.75, 3.05) is 43.4 Å². The molecule has 2 aromatic heterocycles. The van der Waals surface area contributed by atoms with E-state index in [4.69, 9.17) is 27.1 Å². The van der Waals surface area contributed by atoms with Gasteiger partial charge in [0.25, 0.3) is 0 Å². The highest BCUT2D eigenvalue weighted by atomic mass is 35.5. The Morgan fingerprint density at radius 1 is 1.20 bits per heavy atom. The van der Waals surface area contributed by atoms with Gasteiger partial charge in [-0.2, -0.15) is 15.2 Å². The van der Waals surface area contributed by atoms with Crippen LogP contribution in [-0.2, 0) is 4.79 Å². The molecular formula is C33H30ClF3N6O2S. The number of carbonyl (C=O) groups excluding carboxylic acids is 1. The summed E-state index contributed by atoms with van der Waals surface area (Å²) in [5.74, 6) is -0.668. The lowest BCUT2D eigenvalue weighted by Crippen LogP contribution is -2.51. The van der Waals surface area contributed by atoms with Crippen molar-refractivity contribution < 1.29 is 22.7 Å². The van der Waals surface area contributed by atoms with Crippen molar-refractivity contribution in [3.05, 3.63) is 40.4 Å². The smallest absolute Gasteiger partial charge is 0.319 e.